The van der Waals surface area contributed by atoms with Crippen LogP contribution in [0.5, 0.6) is 5.75 Å². The van der Waals surface area contributed by atoms with Crippen molar-refractivity contribution in [1.29, 1.82) is 0 Å². The van der Waals surface area contributed by atoms with Crippen molar-refractivity contribution >= 4 is 44.0 Å². The fourth-order valence-corrected chi connectivity index (χ4v) is 6.11. The monoisotopic (exact) mass is 508 g/mol. The molecule has 0 aliphatic heterocycles. The van der Waals surface area contributed by atoms with Gasteiger partial charge >= 0.3 is 0 Å². The number of benzene rings is 2. The van der Waals surface area contributed by atoms with Crippen LogP contribution in [0.25, 0.3) is 0 Å². The number of nitrogens with one attached hydrogen (secondary N) is 1. The number of carbonyl (C=O) groups is 1. The van der Waals surface area contributed by atoms with Gasteiger partial charge in [-0.05, 0) is 63.1 Å². The molecule has 0 saturated carbocycles. The number of halogens is 1. The molecule has 3 aromatic rings. The molecule has 0 spiro atoms. The summed E-state index contributed by atoms with van der Waals surface area (Å²) < 4.78 is 33.1. The van der Waals surface area contributed by atoms with Crippen LogP contribution in [-0.2, 0) is 16.4 Å². The van der Waals surface area contributed by atoms with Crippen molar-refractivity contribution in [2.45, 2.75) is 37.6 Å². The second-order valence-corrected chi connectivity index (χ2v) is 11.2. The molecule has 0 radical (unpaired) electrons. The van der Waals surface area contributed by atoms with E-state index in [0.29, 0.717) is 34.4 Å². The van der Waals surface area contributed by atoms with E-state index in [0.717, 1.165) is 5.56 Å². The lowest BCUT2D eigenvalue weighted by Crippen LogP contribution is -2.45. The molecule has 1 amide bonds. The van der Waals surface area contributed by atoms with Crippen molar-refractivity contribution in [3.05, 3.63) is 64.1 Å². The van der Waals surface area contributed by atoms with Crippen LogP contribution in [0, 0.1) is 0 Å². The molecule has 11 heteroatoms. The second kappa shape index (κ2) is 10.1. The van der Waals surface area contributed by atoms with Crippen molar-refractivity contribution in [2.75, 3.05) is 18.0 Å². The standard InChI is InChI=1S/C22H25ClN4O4S2/c1-22(2,3)27(21-26-25-14-32-21)33(29,30)17-8-5-15(6-9-17)11-12-24-20(28)18-13-16(23)7-10-19(18)31-4/h5-10,13-14H,11-12H2,1-4H3,(H,24,28). The quantitative estimate of drug-likeness (QED) is 0.490. The van der Waals surface area contributed by atoms with Crippen LogP contribution in [0.4, 0.5) is 5.13 Å². The molecule has 2 aromatic carbocycles. The van der Waals surface area contributed by atoms with Crippen molar-refractivity contribution in [2.24, 2.45) is 0 Å². The molecule has 1 aromatic heterocycles. The molecule has 3 rings (SSSR count). The maximum Gasteiger partial charge on any atom is 0.266 e. The summed E-state index contributed by atoms with van der Waals surface area (Å²) in [7, 11) is -2.35. The van der Waals surface area contributed by atoms with Gasteiger partial charge in [-0.1, -0.05) is 35.1 Å². The van der Waals surface area contributed by atoms with Crippen LogP contribution in [0.1, 0.15) is 36.7 Å². The SMILES string of the molecule is COc1ccc(Cl)cc1C(=O)NCCc1ccc(S(=O)(=O)N(c2nncs2)C(C)(C)C)cc1. The second-order valence-electron chi connectivity index (χ2n) is 8.16. The van der Waals surface area contributed by atoms with Gasteiger partial charge in [0.05, 0.1) is 23.1 Å². The van der Waals surface area contributed by atoms with Gasteiger partial charge in [0.15, 0.2) is 0 Å². The molecule has 1 N–H and O–H groups in total. The van der Waals surface area contributed by atoms with Crippen molar-refractivity contribution < 1.29 is 17.9 Å². The molecule has 0 aliphatic carbocycles. The third-order valence-electron chi connectivity index (χ3n) is 4.70. The number of sulfonamides is 1. The number of hydrogen-bond donors (Lipinski definition) is 1. The minimum atomic E-state index is -3.84. The molecule has 0 aliphatic rings. The van der Waals surface area contributed by atoms with Crippen molar-refractivity contribution in [3.63, 3.8) is 0 Å². The highest BCUT2D eigenvalue weighted by Crippen LogP contribution is 2.32. The number of ether oxygens (including phenoxy) is 1. The Labute approximate surface area is 202 Å². The van der Waals surface area contributed by atoms with Gasteiger partial charge in [-0.25, -0.2) is 12.7 Å². The van der Waals surface area contributed by atoms with Gasteiger partial charge in [0, 0.05) is 11.6 Å². The maximum absolute atomic E-state index is 13.3. The zero-order chi connectivity index (χ0) is 24.2. The fourth-order valence-electron chi connectivity index (χ4n) is 3.21. The minimum Gasteiger partial charge on any atom is -0.496 e. The van der Waals surface area contributed by atoms with E-state index in [1.54, 1.807) is 63.2 Å². The van der Waals surface area contributed by atoms with Gasteiger partial charge in [0.2, 0.25) is 5.13 Å². The molecule has 0 atom stereocenters. The number of carbonyl (C=O) groups excluding carboxylic acids is 1. The predicted octanol–water partition coefficient (Wildman–Crippen LogP) is 4.17. The summed E-state index contributed by atoms with van der Waals surface area (Å²) in [4.78, 5) is 12.6. The number of rotatable bonds is 8. The van der Waals surface area contributed by atoms with Gasteiger partial charge in [0.1, 0.15) is 11.3 Å². The fraction of sp³-hybridized carbons (Fsp3) is 0.318. The Bertz CT molecular complexity index is 1210. The summed E-state index contributed by atoms with van der Waals surface area (Å²) in [5, 5.41) is 11.3. The van der Waals surface area contributed by atoms with Crippen LogP contribution in [0.15, 0.2) is 52.9 Å². The Morgan fingerprint density at radius 2 is 1.88 bits per heavy atom. The molecule has 176 valence electrons. The third kappa shape index (κ3) is 5.82. The Hall–Kier alpha value is -2.69. The molecular formula is C22H25ClN4O4S2. The smallest absolute Gasteiger partial charge is 0.266 e. The van der Waals surface area contributed by atoms with Crippen LogP contribution in [-0.4, -0.2) is 43.7 Å². The molecular weight excluding hydrogens is 484 g/mol. The molecule has 0 saturated heterocycles. The van der Waals surface area contributed by atoms with Gasteiger partial charge in [-0.3, -0.25) is 4.79 Å². The lowest BCUT2D eigenvalue weighted by molar-refractivity contribution is 0.0951. The zero-order valence-electron chi connectivity index (χ0n) is 18.7. The zero-order valence-corrected chi connectivity index (χ0v) is 21.1. The highest BCUT2D eigenvalue weighted by atomic mass is 35.5. The molecule has 8 nitrogen and oxygen atoms in total. The minimum absolute atomic E-state index is 0.157. The van der Waals surface area contributed by atoms with E-state index in [9.17, 15) is 13.2 Å². The number of amides is 1. The van der Waals surface area contributed by atoms with Crippen LogP contribution < -0.4 is 14.4 Å². The predicted molar refractivity (Wildman–Crippen MR) is 130 cm³/mol. The topological polar surface area (TPSA) is 101 Å². The number of methoxy groups -OCH3 is 1. The van der Waals surface area contributed by atoms with Gasteiger partial charge in [0.25, 0.3) is 15.9 Å². The van der Waals surface area contributed by atoms with E-state index in [1.165, 1.54) is 28.3 Å². The number of anilines is 1. The summed E-state index contributed by atoms with van der Waals surface area (Å²) in [5.74, 6) is 0.136. The molecule has 0 fully saturated rings. The molecule has 1 heterocycles. The van der Waals surface area contributed by atoms with Crippen LogP contribution >= 0.6 is 22.9 Å². The summed E-state index contributed by atoms with van der Waals surface area (Å²) in [6, 6.07) is 11.4. The van der Waals surface area contributed by atoms with E-state index in [2.05, 4.69) is 15.5 Å². The first-order valence-corrected chi connectivity index (χ1v) is 12.8. The first-order valence-electron chi connectivity index (χ1n) is 10.1. The molecule has 0 bridgehead atoms. The van der Waals surface area contributed by atoms with Gasteiger partial charge in [-0.15, -0.1) is 10.2 Å². The maximum atomic E-state index is 13.3. The Morgan fingerprint density at radius 3 is 2.45 bits per heavy atom. The van der Waals surface area contributed by atoms with E-state index < -0.39 is 15.6 Å². The average Bonchev–Trinajstić information content (AvgIpc) is 3.26. The summed E-state index contributed by atoms with van der Waals surface area (Å²) in [6.07, 6.45) is 0.522. The highest BCUT2D eigenvalue weighted by molar-refractivity contribution is 7.93. The van der Waals surface area contributed by atoms with Gasteiger partial charge in [-0.2, -0.15) is 0 Å². The lowest BCUT2D eigenvalue weighted by Gasteiger charge is -2.33. The largest absolute Gasteiger partial charge is 0.496 e. The number of hydrogen-bond acceptors (Lipinski definition) is 7. The summed E-state index contributed by atoms with van der Waals surface area (Å²) in [5.41, 5.74) is 2.01. The lowest BCUT2D eigenvalue weighted by atomic mass is 10.1. The van der Waals surface area contributed by atoms with Crippen LogP contribution in [0.3, 0.4) is 0 Å². The number of nitrogens with zero attached hydrogens (tertiary/aromatic N) is 3. The Balaban J connectivity index is 1.69. The third-order valence-corrected chi connectivity index (χ3v) is 7.79. The first-order chi connectivity index (χ1) is 15.5. The van der Waals surface area contributed by atoms with Crippen LogP contribution in [0.2, 0.25) is 5.02 Å². The van der Waals surface area contributed by atoms with E-state index in [1.807, 2.05) is 0 Å². The average molecular weight is 509 g/mol. The van der Waals surface area contributed by atoms with E-state index in [-0.39, 0.29) is 10.8 Å². The summed E-state index contributed by atoms with van der Waals surface area (Å²) in [6.45, 7) is 5.77. The van der Waals surface area contributed by atoms with E-state index in [4.69, 9.17) is 16.3 Å². The Kier molecular flexibility index (Phi) is 7.61. The van der Waals surface area contributed by atoms with E-state index >= 15 is 0 Å². The number of aromatic nitrogens is 2. The van der Waals surface area contributed by atoms with Gasteiger partial charge < -0.3 is 10.1 Å². The molecule has 0 unspecified atom stereocenters. The highest BCUT2D eigenvalue weighted by Gasteiger charge is 2.36. The first kappa shape index (κ1) is 24.9. The normalized spacial score (nSPS) is 11.8. The Morgan fingerprint density at radius 1 is 1.18 bits per heavy atom. The molecule has 33 heavy (non-hydrogen) atoms. The summed E-state index contributed by atoms with van der Waals surface area (Å²) >= 11 is 7.15. The van der Waals surface area contributed by atoms with Crippen molar-refractivity contribution in [3.8, 4) is 5.75 Å². The van der Waals surface area contributed by atoms with Crippen molar-refractivity contribution in [1.82, 2.24) is 15.5 Å².